The fraction of sp³-hybridized carbons (Fsp3) is 0.0417. The number of carbonyl (C=O) groups is 3. The van der Waals surface area contributed by atoms with Crippen molar-refractivity contribution in [3.05, 3.63) is 93.9 Å². The second kappa shape index (κ2) is 9.54. The van der Waals surface area contributed by atoms with Gasteiger partial charge in [-0.2, -0.15) is 0 Å². The van der Waals surface area contributed by atoms with Crippen LogP contribution in [0.3, 0.4) is 0 Å². The molecule has 2 N–H and O–H groups in total. The number of imide groups is 1. The number of ether oxygens (including phenoxy) is 1. The van der Waals surface area contributed by atoms with Gasteiger partial charge in [0.25, 0.3) is 17.7 Å². The molecule has 0 unspecified atom stereocenters. The first-order valence-corrected chi connectivity index (χ1v) is 10.6. The van der Waals surface area contributed by atoms with Crippen molar-refractivity contribution in [1.29, 1.82) is 0 Å². The number of nitrogens with one attached hydrogen (secondary N) is 2. The number of anilines is 3. The number of nitrogens with zero attached hydrogens (tertiary/aromatic N) is 1. The van der Waals surface area contributed by atoms with Crippen molar-refractivity contribution in [1.82, 2.24) is 0 Å². The lowest BCUT2D eigenvalue weighted by molar-refractivity contribution is -0.120. The minimum Gasteiger partial charge on any atom is -0.495 e. The molecule has 34 heavy (non-hydrogen) atoms. The van der Waals surface area contributed by atoms with Gasteiger partial charge in [0.15, 0.2) is 0 Å². The molecular weight excluding hydrogens is 484 g/mol. The molecule has 0 spiro atoms. The van der Waals surface area contributed by atoms with Crippen molar-refractivity contribution >= 4 is 58.0 Å². The summed E-state index contributed by atoms with van der Waals surface area (Å²) in [5.74, 6) is -2.37. The number of carbonyl (C=O) groups excluding carboxylic acids is 3. The third kappa shape index (κ3) is 4.46. The van der Waals surface area contributed by atoms with E-state index in [0.29, 0.717) is 10.7 Å². The Hall–Kier alpha value is -3.88. The SMILES string of the molecule is COc1ccc(Cl)cc1N1C(=O)C(Cl)=C(Nc2cccc(C(=O)Nc3ccccc3F)c2)C1=O. The fourth-order valence-electron chi connectivity index (χ4n) is 3.31. The van der Waals surface area contributed by atoms with E-state index in [1.807, 2.05) is 0 Å². The van der Waals surface area contributed by atoms with E-state index in [1.165, 1.54) is 49.6 Å². The Labute approximate surface area is 203 Å². The van der Waals surface area contributed by atoms with Gasteiger partial charge in [0, 0.05) is 16.3 Å². The minimum atomic E-state index is -0.761. The molecule has 7 nitrogen and oxygen atoms in total. The molecule has 3 aromatic rings. The maximum atomic E-state index is 13.9. The number of methoxy groups -OCH3 is 1. The molecule has 0 radical (unpaired) electrons. The molecule has 0 bridgehead atoms. The van der Waals surface area contributed by atoms with Crippen LogP contribution in [0.25, 0.3) is 0 Å². The summed E-state index contributed by atoms with van der Waals surface area (Å²) in [6, 6.07) is 16.4. The van der Waals surface area contributed by atoms with E-state index >= 15 is 0 Å². The van der Waals surface area contributed by atoms with Gasteiger partial charge in [-0.3, -0.25) is 14.4 Å². The zero-order valence-electron chi connectivity index (χ0n) is 17.6. The lowest BCUT2D eigenvalue weighted by Gasteiger charge is -2.18. The second-order valence-electron chi connectivity index (χ2n) is 7.09. The third-order valence-electron chi connectivity index (χ3n) is 4.93. The van der Waals surface area contributed by atoms with E-state index in [0.717, 1.165) is 4.90 Å². The number of amides is 3. The summed E-state index contributed by atoms with van der Waals surface area (Å²) in [7, 11) is 1.39. The first-order valence-electron chi connectivity index (χ1n) is 9.85. The number of hydrogen-bond acceptors (Lipinski definition) is 5. The normalized spacial score (nSPS) is 13.4. The maximum Gasteiger partial charge on any atom is 0.283 e. The van der Waals surface area contributed by atoms with Gasteiger partial charge in [-0.15, -0.1) is 0 Å². The molecule has 172 valence electrons. The molecule has 0 aliphatic carbocycles. The Morgan fingerprint density at radius 1 is 0.971 bits per heavy atom. The predicted octanol–water partition coefficient (Wildman–Crippen LogP) is 5.18. The summed E-state index contributed by atoms with van der Waals surface area (Å²) in [6.45, 7) is 0. The number of benzene rings is 3. The summed E-state index contributed by atoms with van der Waals surface area (Å²) in [5, 5.41) is 5.24. The van der Waals surface area contributed by atoms with Crippen molar-refractivity contribution in [2.75, 3.05) is 22.6 Å². The van der Waals surface area contributed by atoms with Crippen molar-refractivity contribution in [3.63, 3.8) is 0 Å². The lowest BCUT2D eigenvalue weighted by atomic mass is 10.1. The molecule has 3 aromatic carbocycles. The van der Waals surface area contributed by atoms with Gasteiger partial charge in [-0.25, -0.2) is 9.29 Å². The van der Waals surface area contributed by atoms with Gasteiger partial charge in [0.05, 0.1) is 18.5 Å². The van der Waals surface area contributed by atoms with E-state index in [2.05, 4.69) is 10.6 Å². The van der Waals surface area contributed by atoms with E-state index in [1.54, 1.807) is 24.3 Å². The van der Waals surface area contributed by atoms with Gasteiger partial charge >= 0.3 is 0 Å². The average molecular weight is 500 g/mol. The third-order valence-corrected chi connectivity index (χ3v) is 5.51. The van der Waals surface area contributed by atoms with Gasteiger partial charge in [-0.1, -0.05) is 41.4 Å². The second-order valence-corrected chi connectivity index (χ2v) is 7.91. The van der Waals surface area contributed by atoms with Crippen LogP contribution in [-0.2, 0) is 9.59 Å². The van der Waals surface area contributed by atoms with E-state index in [9.17, 15) is 18.8 Å². The van der Waals surface area contributed by atoms with Crippen molar-refractivity contribution < 1.29 is 23.5 Å². The number of hydrogen-bond donors (Lipinski definition) is 2. The molecule has 4 rings (SSSR count). The smallest absolute Gasteiger partial charge is 0.283 e. The summed E-state index contributed by atoms with van der Waals surface area (Å²) in [5.41, 5.74) is 0.489. The first kappa shape index (κ1) is 23.3. The lowest BCUT2D eigenvalue weighted by Crippen LogP contribution is -2.32. The molecule has 1 aliphatic rings. The summed E-state index contributed by atoms with van der Waals surface area (Å²) >= 11 is 12.2. The number of halogens is 3. The van der Waals surface area contributed by atoms with Crippen LogP contribution < -0.4 is 20.3 Å². The van der Waals surface area contributed by atoms with Crippen LogP contribution in [0.5, 0.6) is 5.75 Å². The highest BCUT2D eigenvalue weighted by Gasteiger charge is 2.40. The van der Waals surface area contributed by atoms with Crippen molar-refractivity contribution in [2.24, 2.45) is 0 Å². The van der Waals surface area contributed by atoms with Crippen LogP contribution in [0.4, 0.5) is 21.5 Å². The monoisotopic (exact) mass is 499 g/mol. The highest BCUT2D eigenvalue weighted by Crippen LogP contribution is 2.37. The van der Waals surface area contributed by atoms with Gasteiger partial charge < -0.3 is 15.4 Å². The molecule has 0 saturated carbocycles. The highest BCUT2D eigenvalue weighted by molar-refractivity contribution is 6.53. The van der Waals surface area contributed by atoms with E-state index in [4.69, 9.17) is 27.9 Å². The van der Waals surface area contributed by atoms with E-state index < -0.39 is 23.5 Å². The Kier molecular flexibility index (Phi) is 6.54. The van der Waals surface area contributed by atoms with E-state index in [-0.39, 0.29) is 33.4 Å². The summed E-state index contributed by atoms with van der Waals surface area (Å²) < 4.78 is 19.1. The topological polar surface area (TPSA) is 87.7 Å². The maximum absolute atomic E-state index is 13.9. The molecule has 0 aromatic heterocycles. The molecule has 0 saturated heterocycles. The van der Waals surface area contributed by atoms with Crippen LogP contribution in [-0.4, -0.2) is 24.8 Å². The molecule has 1 aliphatic heterocycles. The average Bonchev–Trinajstić information content (AvgIpc) is 3.03. The molecule has 0 atom stereocenters. The zero-order chi connectivity index (χ0) is 24.4. The standard InChI is InChI=1S/C24H16Cl2FN3O4/c1-34-19-10-9-14(25)12-18(19)30-23(32)20(26)21(24(30)33)28-15-6-4-5-13(11-15)22(31)29-17-8-3-2-7-16(17)27/h2-12,28H,1H3,(H,29,31). The number of para-hydroxylation sites is 1. The van der Waals surface area contributed by atoms with Gasteiger partial charge in [0.1, 0.15) is 22.3 Å². The fourth-order valence-corrected chi connectivity index (χ4v) is 3.69. The molecule has 1 heterocycles. The van der Waals surface area contributed by atoms with Crippen LogP contribution >= 0.6 is 23.2 Å². The van der Waals surface area contributed by atoms with Crippen LogP contribution in [0.1, 0.15) is 10.4 Å². The first-order chi connectivity index (χ1) is 16.3. The van der Waals surface area contributed by atoms with Gasteiger partial charge in [0.2, 0.25) is 0 Å². The predicted molar refractivity (Wildman–Crippen MR) is 128 cm³/mol. The molecule has 0 fully saturated rings. The van der Waals surface area contributed by atoms with Crippen molar-refractivity contribution in [3.8, 4) is 5.75 Å². The Bertz CT molecular complexity index is 1360. The van der Waals surface area contributed by atoms with Crippen LogP contribution in [0, 0.1) is 5.82 Å². The van der Waals surface area contributed by atoms with Crippen LogP contribution in [0.15, 0.2) is 77.5 Å². The molecular formula is C24H16Cl2FN3O4. The number of rotatable bonds is 6. The molecule has 3 amide bonds. The largest absolute Gasteiger partial charge is 0.495 e. The summed E-state index contributed by atoms with van der Waals surface area (Å²) in [6.07, 6.45) is 0. The zero-order valence-corrected chi connectivity index (χ0v) is 19.1. The highest BCUT2D eigenvalue weighted by atomic mass is 35.5. The quantitative estimate of drug-likeness (QED) is 0.456. The Balaban J connectivity index is 1.58. The van der Waals surface area contributed by atoms with Crippen molar-refractivity contribution in [2.45, 2.75) is 0 Å². The Morgan fingerprint density at radius 3 is 2.47 bits per heavy atom. The summed E-state index contributed by atoms with van der Waals surface area (Å²) in [4.78, 5) is 39.3. The van der Waals surface area contributed by atoms with Crippen LogP contribution in [0.2, 0.25) is 5.02 Å². The Morgan fingerprint density at radius 2 is 1.74 bits per heavy atom. The molecule has 10 heteroatoms. The van der Waals surface area contributed by atoms with Gasteiger partial charge in [-0.05, 0) is 48.5 Å². The minimum absolute atomic E-state index is 0.0271.